The zero-order chi connectivity index (χ0) is 24.8. The summed E-state index contributed by atoms with van der Waals surface area (Å²) in [5, 5.41) is 2.61. The summed E-state index contributed by atoms with van der Waals surface area (Å²) in [5.41, 5.74) is 5.33. The normalized spacial score (nSPS) is 24.6. The van der Waals surface area contributed by atoms with Crippen LogP contribution in [0.4, 0.5) is 0 Å². The summed E-state index contributed by atoms with van der Waals surface area (Å²) in [4.78, 5) is 46.6. The molecule has 1 saturated heterocycles. The van der Waals surface area contributed by atoms with Gasteiger partial charge in [-0.1, -0.05) is 0 Å². The quantitative estimate of drug-likeness (QED) is 0.171. The van der Waals surface area contributed by atoms with Crippen LogP contribution in [0.15, 0.2) is 0 Å². The van der Waals surface area contributed by atoms with Gasteiger partial charge in [-0.2, -0.15) is 0 Å². The van der Waals surface area contributed by atoms with Gasteiger partial charge in [0.05, 0.1) is 33.0 Å². The van der Waals surface area contributed by atoms with Gasteiger partial charge >= 0.3 is 17.9 Å². The summed E-state index contributed by atoms with van der Waals surface area (Å²) in [6.45, 7) is 6.28. The molecule has 1 rings (SSSR count). The molecule has 0 aromatic carbocycles. The summed E-state index contributed by atoms with van der Waals surface area (Å²) in [7, 11) is 0. The lowest BCUT2D eigenvalue weighted by molar-refractivity contribution is -0.279. The van der Waals surface area contributed by atoms with E-state index >= 15 is 0 Å². The van der Waals surface area contributed by atoms with Gasteiger partial charge in [0.1, 0.15) is 18.8 Å². The van der Waals surface area contributed by atoms with Crippen LogP contribution in [0, 0.1) is 0 Å². The van der Waals surface area contributed by atoms with Crippen molar-refractivity contribution in [3.05, 3.63) is 0 Å². The van der Waals surface area contributed by atoms with E-state index in [2.05, 4.69) is 5.32 Å². The van der Waals surface area contributed by atoms with Gasteiger partial charge in [0.15, 0.2) is 18.5 Å². The van der Waals surface area contributed by atoms with E-state index in [0.29, 0.717) is 26.4 Å². The fourth-order valence-electron chi connectivity index (χ4n) is 3.06. The largest absolute Gasteiger partial charge is 0.463 e. The van der Waals surface area contributed by atoms with Gasteiger partial charge in [0.2, 0.25) is 5.91 Å². The molecule has 0 saturated carbocycles. The smallest absolute Gasteiger partial charge is 0.303 e. The number of carbonyl (C=O) groups is 4. The molecule has 1 aliphatic rings. The Kier molecular flexibility index (Phi) is 13.5. The molecule has 33 heavy (non-hydrogen) atoms. The zero-order valence-corrected chi connectivity index (χ0v) is 19.4. The SMILES string of the molecule is CC(=O)N[C@@H]1[C@H](OCCOCCOCCN)O[C@H](COC(C)=O)[C@H](OC(C)=O)[C@H]1OC(C)=O. The molecule has 5 atom stereocenters. The van der Waals surface area contributed by atoms with E-state index < -0.39 is 54.5 Å². The summed E-state index contributed by atoms with van der Waals surface area (Å²) in [6, 6.07) is -1.02. The maximum absolute atomic E-state index is 11.8. The van der Waals surface area contributed by atoms with Gasteiger partial charge in [0, 0.05) is 34.2 Å². The molecule has 1 fully saturated rings. The van der Waals surface area contributed by atoms with Crippen LogP contribution in [0.25, 0.3) is 0 Å². The van der Waals surface area contributed by atoms with E-state index in [1.807, 2.05) is 0 Å². The number of nitrogens with one attached hydrogen (secondary N) is 1. The molecule has 0 bridgehead atoms. The third-order valence-electron chi connectivity index (χ3n) is 4.22. The molecular formula is C20H34N2O11. The summed E-state index contributed by atoms with van der Waals surface area (Å²) in [6.07, 6.45) is -4.48. The van der Waals surface area contributed by atoms with Gasteiger partial charge in [-0.3, -0.25) is 19.2 Å². The van der Waals surface area contributed by atoms with Crippen LogP contribution >= 0.6 is 0 Å². The minimum atomic E-state index is -1.17. The number of amides is 1. The van der Waals surface area contributed by atoms with Crippen molar-refractivity contribution in [2.24, 2.45) is 5.73 Å². The Morgan fingerprint density at radius 2 is 1.39 bits per heavy atom. The monoisotopic (exact) mass is 478 g/mol. The van der Waals surface area contributed by atoms with Gasteiger partial charge in [-0.25, -0.2) is 0 Å². The fraction of sp³-hybridized carbons (Fsp3) is 0.800. The molecule has 3 N–H and O–H groups in total. The molecule has 190 valence electrons. The topological polar surface area (TPSA) is 171 Å². The number of rotatable bonds is 14. The van der Waals surface area contributed by atoms with E-state index in [-0.39, 0.29) is 19.8 Å². The van der Waals surface area contributed by atoms with E-state index in [1.165, 1.54) is 20.8 Å². The Morgan fingerprint density at radius 1 is 0.818 bits per heavy atom. The van der Waals surface area contributed by atoms with E-state index in [4.69, 9.17) is 38.9 Å². The predicted molar refractivity (Wildman–Crippen MR) is 111 cm³/mol. The van der Waals surface area contributed by atoms with Gasteiger partial charge < -0.3 is 44.2 Å². The molecule has 1 amide bonds. The van der Waals surface area contributed by atoms with E-state index in [0.717, 1.165) is 6.92 Å². The van der Waals surface area contributed by atoms with Crippen molar-refractivity contribution >= 4 is 23.8 Å². The standard InChI is InChI=1S/C20H34N2O11/c1-12(23)22-17-19(32-15(4)26)18(31-14(3)25)16(11-30-13(2)24)33-20(17)29-10-9-28-8-7-27-6-5-21/h16-20H,5-11,21H2,1-4H3,(H,22,23)/t16-,17+,18+,19+,20-/m1/s1. The number of hydrogen-bond donors (Lipinski definition) is 2. The first-order chi connectivity index (χ1) is 15.6. The second-order valence-corrected chi connectivity index (χ2v) is 7.10. The zero-order valence-electron chi connectivity index (χ0n) is 19.4. The fourth-order valence-corrected chi connectivity index (χ4v) is 3.06. The second kappa shape index (κ2) is 15.5. The summed E-state index contributed by atoms with van der Waals surface area (Å²) >= 11 is 0. The molecule has 0 unspecified atom stereocenters. The predicted octanol–water partition coefficient (Wildman–Crippen LogP) is -1.35. The maximum atomic E-state index is 11.8. The van der Waals surface area contributed by atoms with Crippen LogP contribution in [0.1, 0.15) is 27.7 Å². The van der Waals surface area contributed by atoms with Crippen molar-refractivity contribution in [3.63, 3.8) is 0 Å². The van der Waals surface area contributed by atoms with Gasteiger partial charge in [-0.05, 0) is 0 Å². The molecule has 1 aliphatic heterocycles. The molecular weight excluding hydrogens is 444 g/mol. The first-order valence-corrected chi connectivity index (χ1v) is 10.5. The van der Waals surface area contributed by atoms with Crippen LogP contribution in [-0.4, -0.2) is 101 Å². The number of esters is 3. The Labute approximate surface area is 192 Å². The maximum Gasteiger partial charge on any atom is 0.303 e. The van der Waals surface area contributed by atoms with E-state index in [9.17, 15) is 19.2 Å². The molecule has 13 nitrogen and oxygen atoms in total. The Balaban J connectivity index is 2.95. The van der Waals surface area contributed by atoms with Crippen LogP contribution in [0.5, 0.6) is 0 Å². The molecule has 0 radical (unpaired) electrons. The second-order valence-electron chi connectivity index (χ2n) is 7.10. The van der Waals surface area contributed by atoms with Crippen molar-refractivity contribution in [1.82, 2.24) is 5.32 Å². The van der Waals surface area contributed by atoms with Crippen LogP contribution in [-0.2, 0) is 52.3 Å². The lowest BCUT2D eigenvalue weighted by Gasteiger charge is -2.44. The minimum absolute atomic E-state index is 0.0585. The van der Waals surface area contributed by atoms with Gasteiger partial charge in [0.25, 0.3) is 0 Å². The van der Waals surface area contributed by atoms with Crippen molar-refractivity contribution < 1.29 is 52.3 Å². The van der Waals surface area contributed by atoms with Crippen LogP contribution < -0.4 is 11.1 Å². The third kappa shape index (κ3) is 11.4. The molecule has 0 aliphatic carbocycles. The molecule has 13 heteroatoms. The Bertz CT molecular complexity index is 646. The molecule has 0 spiro atoms. The number of ether oxygens (including phenoxy) is 7. The van der Waals surface area contributed by atoms with E-state index in [1.54, 1.807) is 0 Å². The number of carbonyl (C=O) groups excluding carboxylic acids is 4. The molecule has 1 heterocycles. The molecule has 0 aromatic heterocycles. The summed E-state index contributed by atoms with van der Waals surface area (Å²) in [5.74, 6) is -2.40. The highest BCUT2D eigenvalue weighted by Gasteiger charge is 2.51. The first-order valence-electron chi connectivity index (χ1n) is 10.5. The van der Waals surface area contributed by atoms with Gasteiger partial charge in [-0.15, -0.1) is 0 Å². The van der Waals surface area contributed by atoms with Crippen LogP contribution in [0.2, 0.25) is 0 Å². The molecule has 0 aromatic rings. The first kappa shape index (κ1) is 28.7. The van der Waals surface area contributed by atoms with Crippen molar-refractivity contribution in [2.45, 2.75) is 58.3 Å². The third-order valence-corrected chi connectivity index (χ3v) is 4.22. The van der Waals surface area contributed by atoms with Crippen LogP contribution in [0.3, 0.4) is 0 Å². The lowest BCUT2D eigenvalue weighted by atomic mass is 9.96. The minimum Gasteiger partial charge on any atom is -0.463 e. The highest BCUT2D eigenvalue weighted by atomic mass is 16.7. The summed E-state index contributed by atoms with van der Waals surface area (Å²) < 4.78 is 37.9. The van der Waals surface area contributed by atoms with Crippen molar-refractivity contribution in [1.29, 1.82) is 0 Å². The Hall–Kier alpha value is -2.32. The Morgan fingerprint density at radius 3 is 1.94 bits per heavy atom. The average Bonchev–Trinajstić information content (AvgIpc) is 2.71. The van der Waals surface area contributed by atoms with Crippen molar-refractivity contribution in [3.8, 4) is 0 Å². The highest BCUT2D eigenvalue weighted by Crippen LogP contribution is 2.28. The number of nitrogens with two attached hydrogens (primary N) is 1. The lowest BCUT2D eigenvalue weighted by Crippen LogP contribution is -2.66. The van der Waals surface area contributed by atoms with Crippen molar-refractivity contribution in [2.75, 3.05) is 46.2 Å². The average molecular weight is 478 g/mol. The highest BCUT2D eigenvalue weighted by molar-refractivity contribution is 5.73. The number of hydrogen-bond acceptors (Lipinski definition) is 12.